The summed E-state index contributed by atoms with van der Waals surface area (Å²) in [6, 6.07) is 1.79. The number of anilines is 1. The molecule has 0 saturated heterocycles. The second-order valence-electron chi connectivity index (χ2n) is 6.24. The number of carbonyl (C=O) groups is 4. The van der Waals surface area contributed by atoms with Crippen molar-refractivity contribution >= 4 is 53.2 Å². The number of imide groups is 1. The molecule has 0 aliphatic carbocycles. The summed E-state index contributed by atoms with van der Waals surface area (Å²) in [4.78, 5) is 52.0. The maximum atomic E-state index is 12.7. The zero-order chi connectivity index (χ0) is 22.4. The van der Waals surface area contributed by atoms with E-state index in [-0.39, 0.29) is 19.1 Å². The Balaban J connectivity index is 1.55. The van der Waals surface area contributed by atoms with E-state index in [1.807, 2.05) is 0 Å². The van der Waals surface area contributed by atoms with Gasteiger partial charge < -0.3 is 25.4 Å². The third-order valence-electron chi connectivity index (χ3n) is 4.16. The number of carbonyl (C=O) groups excluding carboxylic acids is 4. The second-order valence-corrected chi connectivity index (χ2v) is 8.47. The van der Waals surface area contributed by atoms with Crippen LogP contribution in [-0.4, -0.2) is 59.2 Å². The molecule has 13 heteroatoms. The van der Waals surface area contributed by atoms with Crippen LogP contribution in [0.1, 0.15) is 12.5 Å². The molecule has 0 spiro atoms. The van der Waals surface area contributed by atoms with Crippen LogP contribution in [0.15, 0.2) is 28.9 Å². The predicted molar refractivity (Wildman–Crippen MR) is 114 cm³/mol. The Kier molecular flexibility index (Phi) is 7.63. The molecule has 0 radical (unpaired) electrons. The average Bonchev–Trinajstić information content (AvgIpc) is 3.38. The molecule has 4 N–H and O–H groups in total. The highest BCUT2D eigenvalue weighted by atomic mass is 32.2. The van der Waals surface area contributed by atoms with Crippen molar-refractivity contribution < 1.29 is 28.7 Å². The van der Waals surface area contributed by atoms with Gasteiger partial charge in [0, 0.05) is 24.1 Å². The molecule has 1 aromatic rings. The summed E-state index contributed by atoms with van der Waals surface area (Å²) in [5.41, 5.74) is 1.70. The summed E-state index contributed by atoms with van der Waals surface area (Å²) in [6.45, 7) is 2.01. The molecule has 0 bridgehead atoms. The molecule has 4 amide bonds. The summed E-state index contributed by atoms with van der Waals surface area (Å²) >= 11 is 2.60. The summed E-state index contributed by atoms with van der Waals surface area (Å²) in [5.74, 6) is -0.403. The number of fused-ring (bicyclic) bond motifs is 1. The topological polar surface area (TPSA) is 148 Å². The highest BCUT2D eigenvalue weighted by molar-refractivity contribution is 8.01. The first-order valence-electron chi connectivity index (χ1n) is 9.25. The van der Waals surface area contributed by atoms with Crippen molar-refractivity contribution in [1.29, 1.82) is 0 Å². The van der Waals surface area contributed by atoms with Gasteiger partial charge in [-0.05, 0) is 18.6 Å². The Labute approximate surface area is 186 Å². The molecule has 3 heterocycles. The second kappa shape index (κ2) is 10.4. The number of thioether (sulfide) groups is 2. The summed E-state index contributed by atoms with van der Waals surface area (Å²) in [7, 11) is 1.28. The molecule has 166 valence electrons. The van der Waals surface area contributed by atoms with Crippen LogP contribution in [0.2, 0.25) is 0 Å². The van der Waals surface area contributed by atoms with Crippen molar-refractivity contribution in [3.05, 3.63) is 29.5 Å². The lowest BCUT2D eigenvalue weighted by Gasteiger charge is -2.18. The fourth-order valence-electron chi connectivity index (χ4n) is 2.74. The Bertz CT molecular complexity index is 925. The van der Waals surface area contributed by atoms with Gasteiger partial charge in [0.15, 0.2) is 5.37 Å². The lowest BCUT2D eigenvalue weighted by Crippen LogP contribution is -2.44. The lowest BCUT2D eigenvalue weighted by atomic mass is 10.2. The van der Waals surface area contributed by atoms with Gasteiger partial charge in [-0.15, -0.1) is 11.8 Å². The average molecular weight is 468 g/mol. The highest BCUT2D eigenvalue weighted by Crippen LogP contribution is 2.37. The van der Waals surface area contributed by atoms with E-state index in [9.17, 15) is 19.2 Å². The van der Waals surface area contributed by atoms with Crippen molar-refractivity contribution in [3.8, 4) is 0 Å². The zero-order valence-electron chi connectivity index (χ0n) is 16.7. The van der Waals surface area contributed by atoms with E-state index in [0.717, 1.165) is 5.56 Å². The number of ether oxygens (including phenoxy) is 2. The maximum Gasteiger partial charge on any atom is 0.414 e. The molecular weight excluding hydrogens is 446 g/mol. The number of hydrogen-bond donors (Lipinski definition) is 4. The summed E-state index contributed by atoms with van der Waals surface area (Å²) in [5, 5.41) is 10.0. The number of aromatic nitrogens is 1. The van der Waals surface area contributed by atoms with Crippen molar-refractivity contribution in [3.63, 3.8) is 0 Å². The summed E-state index contributed by atoms with van der Waals surface area (Å²) in [6.07, 6.45) is 1.89. The van der Waals surface area contributed by atoms with Gasteiger partial charge in [-0.25, -0.2) is 14.6 Å². The Morgan fingerprint density at radius 2 is 2.10 bits per heavy atom. The van der Waals surface area contributed by atoms with Crippen LogP contribution in [0.3, 0.4) is 0 Å². The van der Waals surface area contributed by atoms with Crippen LogP contribution in [0.25, 0.3) is 0 Å². The van der Waals surface area contributed by atoms with Gasteiger partial charge in [0.2, 0.25) is 0 Å². The minimum atomic E-state index is -0.831. The van der Waals surface area contributed by atoms with Crippen molar-refractivity contribution in [2.75, 3.05) is 24.8 Å². The maximum absolute atomic E-state index is 12.7. The van der Waals surface area contributed by atoms with Crippen LogP contribution in [0.5, 0.6) is 0 Å². The van der Waals surface area contributed by atoms with Crippen LogP contribution in [0, 0.1) is 0 Å². The van der Waals surface area contributed by atoms with Crippen LogP contribution in [0.4, 0.5) is 15.3 Å². The molecule has 11 nitrogen and oxygen atoms in total. The Morgan fingerprint density at radius 3 is 2.84 bits per heavy atom. The number of pyridine rings is 1. The van der Waals surface area contributed by atoms with Crippen molar-refractivity contribution in [1.82, 2.24) is 20.9 Å². The molecule has 2 aliphatic heterocycles. The van der Waals surface area contributed by atoms with Crippen molar-refractivity contribution in [2.45, 2.75) is 29.2 Å². The van der Waals surface area contributed by atoms with Crippen LogP contribution >= 0.6 is 23.5 Å². The van der Waals surface area contributed by atoms with Crippen LogP contribution < -0.4 is 21.3 Å². The monoisotopic (exact) mass is 467 g/mol. The number of alkyl carbamates (subject to hydrolysis) is 2. The molecule has 0 aromatic carbocycles. The van der Waals surface area contributed by atoms with E-state index in [4.69, 9.17) is 4.74 Å². The molecular formula is C18H21N5O6S2. The van der Waals surface area contributed by atoms with Gasteiger partial charge in [0.1, 0.15) is 10.4 Å². The van der Waals surface area contributed by atoms with E-state index < -0.39 is 28.8 Å². The van der Waals surface area contributed by atoms with Gasteiger partial charge in [-0.3, -0.25) is 14.9 Å². The SMILES string of the molecule is CCOC(=O)NC(=O)C1=CCSC1NC(=O)C1Nc2cc(CNC(=O)OC)cnc2S1. The number of nitrogens with zero attached hydrogens (tertiary/aromatic N) is 1. The normalized spacial score (nSPS) is 18.8. The molecule has 2 unspecified atom stereocenters. The first-order chi connectivity index (χ1) is 14.9. The molecule has 2 aliphatic rings. The minimum Gasteiger partial charge on any atom is -0.453 e. The third-order valence-corrected chi connectivity index (χ3v) is 6.34. The van der Waals surface area contributed by atoms with Gasteiger partial charge in [-0.1, -0.05) is 17.8 Å². The minimum absolute atomic E-state index is 0.146. The quantitative estimate of drug-likeness (QED) is 0.480. The van der Waals surface area contributed by atoms with E-state index >= 15 is 0 Å². The standard InChI is InChI=1S/C18H21N5O6S2/c1-3-29-18(27)23-12(24)10-4-5-30-14(10)22-13(25)16-21-11-6-9(7-19-15(11)31-16)8-20-17(26)28-2/h4,6-7,14,16,21H,3,5,8H2,1-2H3,(H,20,26)(H,22,25)(H,23,24,27). The fourth-order valence-corrected chi connectivity index (χ4v) is 4.73. The number of hydrogen-bond acceptors (Lipinski definition) is 10. The van der Waals surface area contributed by atoms with Gasteiger partial charge >= 0.3 is 12.2 Å². The lowest BCUT2D eigenvalue weighted by molar-refractivity contribution is -0.120. The number of methoxy groups -OCH3 is 1. The number of nitrogens with one attached hydrogen (secondary N) is 4. The molecule has 3 rings (SSSR count). The third kappa shape index (κ3) is 5.82. The largest absolute Gasteiger partial charge is 0.453 e. The number of amides is 4. The first kappa shape index (κ1) is 22.7. The number of rotatable bonds is 6. The highest BCUT2D eigenvalue weighted by Gasteiger charge is 2.34. The van der Waals surface area contributed by atoms with Gasteiger partial charge in [0.25, 0.3) is 11.8 Å². The smallest absolute Gasteiger partial charge is 0.414 e. The van der Waals surface area contributed by atoms with E-state index in [0.29, 0.717) is 22.0 Å². The zero-order valence-corrected chi connectivity index (χ0v) is 18.4. The Hall–Kier alpha value is -2.93. The van der Waals surface area contributed by atoms with E-state index in [2.05, 4.69) is 31.0 Å². The van der Waals surface area contributed by atoms with E-state index in [1.165, 1.54) is 30.6 Å². The summed E-state index contributed by atoms with van der Waals surface area (Å²) < 4.78 is 9.24. The van der Waals surface area contributed by atoms with E-state index in [1.54, 1.807) is 25.3 Å². The molecule has 1 aromatic heterocycles. The molecule has 2 atom stereocenters. The van der Waals surface area contributed by atoms with Gasteiger partial charge in [-0.2, -0.15) is 0 Å². The molecule has 31 heavy (non-hydrogen) atoms. The van der Waals surface area contributed by atoms with Gasteiger partial charge in [0.05, 0.1) is 19.4 Å². The molecule has 0 fully saturated rings. The van der Waals surface area contributed by atoms with Crippen molar-refractivity contribution in [2.24, 2.45) is 0 Å². The predicted octanol–water partition coefficient (Wildman–Crippen LogP) is 1.17. The molecule has 0 saturated carbocycles. The fraction of sp³-hybridized carbons (Fsp3) is 0.389. The van der Waals surface area contributed by atoms with Crippen LogP contribution in [-0.2, 0) is 25.6 Å². The first-order valence-corrected chi connectivity index (χ1v) is 11.2. The Morgan fingerprint density at radius 1 is 1.29 bits per heavy atom.